The number of hydrogen-bond acceptors (Lipinski definition) is 5. The Morgan fingerprint density at radius 1 is 1.06 bits per heavy atom. The van der Waals surface area contributed by atoms with Gasteiger partial charge >= 0.3 is 0 Å². The van der Waals surface area contributed by atoms with Crippen molar-refractivity contribution in [1.29, 1.82) is 0 Å². The van der Waals surface area contributed by atoms with Crippen LogP contribution < -0.4 is 0 Å². The fraction of sp³-hybridized carbons (Fsp3) is 0.920. The van der Waals surface area contributed by atoms with Gasteiger partial charge in [-0.3, -0.25) is 9.59 Å². The molecule has 34 heavy (non-hydrogen) atoms. The maximum absolute atomic E-state index is 13.4. The van der Waals surface area contributed by atoms with Crippen LogP contribution in [0, 0.1) is 17.3 Å². The predicted molar refractivity (Wildman–Crippen MR) is 130 cm³/mol. The van der Waals surface area contributed by atoms with Crippen LogP contribution in [0.25, 0.3) is 0 Å². The summed E-state index contributed by atoms with van der Waals surface area (Å²) in [6.45, 7) is 3.77. The number of nitrogens with zero attached hydrogens (tertiary/aromatic N) is 3. The van der Waals surface area contributed by atoms with E-state index in [0.29, 0.717) is 32.0 Å². The first-order chi connectivity index (χ1) is 16.0. The molecule has 0 aromatic carbocycles. The summed E-state index contributed by atoms with van der Waals surface area (Å²) >= 11 is 0. The standard InChI is InChI=1S/C25H43N3O5S/c1-20(16-21-8-4-3-5-9-21)23(30)27-13-12-25(31,24(18-27)10-6-7-11-24)19-26-14-15-28(17-22(26)29)34(2,32)33/h20-21,31H,3-19H2,1-2H3. The number of aliphatic hydroxyl groups is 1. The number of hydrogen-bond donors (Lipinski definition) is 1. The van der Waals surface area contributed by atoms with E-state index < -0.39 is 15.6 Å². The van der Waals surface area contributed by atoms with Crippen LogP contribution in [0.5, 0.6) is 0 Å². The molecule has 0 aromatic heterocycles. The molecule has 9 heteroatoms. The lowest BCUT2D eigenvalue weighted by Crippen LogP contribution is -2.66. The number of sulfonamides is 1. The summed E-state index contributed by atoms with van der Waals surface area (Å²) in [5.74, 6) is 0.638. The van der Waals surface area contributed by atoms with Gasteiger partial charge in [0.1, 0.15) is 0 Å². The molecule has 2 amide bonds. The Morgan fingerprint density at radius 3 is 2.35 bits per heavy atom. The van der Waals surface area contributed by atoms with E-state index in [4.69, 9.17) is 0 Å². The van der Waals surface area contributed by atoms with Crippen LogP contribution in [0.3, 0.4) is 0 Å². The van der Waals surface area contributed by atoms with Crippen LogP contribution >= 0.6 is 0 Å². The van der Waals surface area contributed by atoms with E-state index in [9.17, 15) is 23.1 Å². The van der Waals surface area contributed by atoms with Gasteiger partial charge in [0.05, 0.1) is 24.9 Å². The van der Waals surface area contributed by atoms with Gasteiger partial charge in [-0.2, -0.15) is 4.31 Å². The Hall–Kier alpha value is -1.19. The van der Waals surface area contributed by atoms with E-state index in [2.05, 4.69) is 6.92 Å². The topological polar surface area (TPSA) is 98.2 Å². The largest absolute Gasteiger partial charge is 0.387 e. The first kappa shape index (κ1) is 25.9. The second-order valence-corrected chi connectivity index (χ2v) is 13.6. The summed E-state index contributed by atoms with van der Waals surface area (Å²) in [4.78, 5) is 29.8. The van der Waals surface area contributed by atoms with Crippen molar-refractivity contribution >= 4 is 21.8 Å². The van der Waals surface area contributed by atoms with Crippen molar-refractivity contribution in [2.75, 3.05) is 45.5 Å². The number of carbonyl (C=O) groups excluding carboxylic acids is 2. The van der Waals surface area contributed by atoms with Crippen molar-refractivity contribution in [2.24, 2.45) is 17.3 Å². The Kier molecular flexibility index (Phi) is 7.65. The Morgan fingerprint density at radius 2 is 1.74 bits per heavy atom. The van der Waals surface area contributed by atoms with Crippen molar-refractivity contribution in [3.8, 4) is 0 Å². The van der Waals surface area contributed by atoms with E-state index in [-0.39, 0.29) is 42.8 Å². The number of rotatable bonds is 6. The van der Waals surface area contributed by atoms with Crippen LogP contribution in [-0.2, 0) is 19.6 Å². The summed E-state index contributed by atoms with van der Waals surface area (Å²) in [6.07, 6.45) is 12.7. The van der Waals surface area contributed by atoms with E-state index >= 15 is 0 Å². The second kappa shape index (κ2) is 10.1. The molecule has 2 saturated heterocycles. The van der Waals surface area contributed by atoms with Crippen LogP contribution in [0.1, 0.15) is 77.6 Å². The van der Waals surface area contributed by atoms with Gasteiger partial charge in [-0.1, -0.05) is 51.9 Å². The van der Waals surface area contributed by atoms with Crippen molar-refractivity contribution in [1.82, 2.24) is 14.1 Å². The van der Waals surface area contributed by atoms with Gasteiger partial charge < -0.3 is 14.9 Å². The minimum absolute atomic E-state index is 0.0124. The smallest absolute Gasteiger partial charge is 0.238 e. The lowest BCUT2D eigenvalue weighted by Gasteiger charge is -2.54. The molecule has 2 heterocycles. The molecule has 194 valence electrons. The van der Waals surface area contributed by atoms with Crippen LogP contribution in [-0.4, -0.2) is 90.6 Å². The molecule has 1 N–H and O–H groups in total. The van der Waals surface area contributed by atoms with Crippen molar-refractivity contribution < 1.29 is 23.1 Å². The number of amides is 2. The monoisotopic (exact) mass is 497 g/mol. The number of piperidine rings is 1. The van der Waals surface area contributed by atoms with Crippen molar-refractivity contribution in [3.63, 3.8) is 0 Å². The molecule has 4 rings (SSSR count). The highest BCUT2D eigenvalue weighted by Gasteiger charge is 2.56. The first-order valence-corrected chi connectivity index (χ1v) is 15.1. The zero-order valence-electron chi connectivity index (χ0n) is 21.0. The molecule has 4 aliphatic rings. The lowest BCUT2D eigenvalue weighted by atomic mass is 9.65. The number of likely N-dealkylation sites (tertiary alicyclic amines) is 1. The third-order valence-electron chi connectivity index (χ3n) is 9.19. The van der Waals surface area contributed by atoms with Crippen LogP contribution in [0.4, 0.5) is 0 Å². The highest BCUT2D eigenvalue weighted by molar-refractivity contribution is 7.88. The zero-order chi connectivity index (χ0) is 24.6. The maximum Gasteiger partial charge on any atom is 0.238 e. The summed E-state index contributed by atoms with van der Waals surface area (Å²) in [6, 6.07) is 0. The van der Waals surface area contributed by atoms with Gasteiger partial charge in [-0.15, -0.1) is 0 Å². The predicted octanol–water partition coefficient (Wildman–Crippen LogP) is 2.22. The molecule has 0 bridgehead atoms. The molecule has 0 aromatic rings. The molecule has 2 aliphatic heterocycles. The third-order valence-corrected chi connectivity index (χ3v) is 10.4. The molecule has 0 radical (unpaired) electrons. The van der Waals surface area contributed by atoms with E-state index in [1.807, 2.05) is 4.90 Å². The normalized spacial score (nSPS) is 30.1. The average Bonchev–Trinajstić information content (AvgIpc) is 3.27. The summed E-state index contributed by atoms with van der Waals surface area (Å²) in [5, 5.41) is 12.0. The van der Waals surface area contributed by atoms with Gasteiger partial charge in [-0.05, 0) is 31.6 Å². The van der Waals surface area contributed by atoms with Gasteiger partial charge in [-0.25, -0.2) is 8.42 Å². The van der Waals surface area contributed by atoms with Crippen LogP contribution in [0.2, 0.25) is 0 Å². The molecule has 2 unspecified atom stereocenters. The minimum Gasteiger partial charge on any atom is -0.387 e. The van der Waals surface area contributed by atoms with Gasteiger partial charge in [0.25, 0.3) is 0 Å². The van der Waals surface area contributed by atoms with Crippen molar-refractivity contribution in [2.45, 2.75) is 83.2 Å². The SMILES string of the molecule is CC(CC1CCCCC1)C(=O)N1CCC(O)(CN2CCN(S(C)(=O)=O)CC2=O)C2(CCCC2)C1. The number of carbonyl (C=O) groups is 2. The summed E-state index contributed by atoms with van der Waals surface area (Å²) in [7, 11) is -3.41. The quantitative estimate of drug-likeness (QED) is 0.607. The minimum atomic E-state index is -3.41. The molecule has 4 fully saturated rings. The fourth-order valence-electron chi connectivity index (χ4n) is 7.08. The third kappa shape index (κ3) is 5.31. The van der Waals surface area contributed by atoms with E-state index in [0.717, 1.165) is 38.4 Å². The lowest BCUT2D eigenvalue weighted by molar-refractivity contribution is -0.170. The molecule has 2 aliphatic carbocycles. The average molecular weight is 498 g/mol. The highest BCUT2D eigenvalue weighted by Crippen LogP contribution is 2.51. The van der Waals surface area contributed by atoms with E-state index in [1.165, 1.54) is 36.4 Å². The molecular formula is C25H43N3O5S. The first-order valence-electron chi connectivity index (χ1n) is 13.3. The Labute approximate surface area is 205 Å². The molecule has 2 atom stereocenters. The van der Waals surface area contributed by atoms with Crippen LogP contribution in [0.15, 0.2) is 0 Å². The van der Waals surface area contributed by atoms with Gasteiger partial charge in [0, 0.05) is 37.5 Å². The summed E-state index contributed by atoms with van der Waals surface area (Å²) < 4.78 is 24.9. The highest BCUT2D eigenvalue weighted by atomic mass is 32.2. The summed E-state index contributed by atoms with van der Waals surface area (Å²) in [5.41, 5.74) is -1.43. The second-order valence-electron chi connectivity index (χ2n) is 11.6. The molecule has 1 spiro atoms. The van der Waals surface area contributed by atoms with E-state index in [1.54, 1.807) is 4.90 Å². The molecular weight excluding hydrogens is 454 g/mol. The Bertz CT molecular complexity index is 866. The van der Waals surface area contributed by atoms with Crippen molar-refractivity contribution in [3.05, 3.63) is 0 Å². The zero-order valence-corrected chi connectivity index (χ0v) is 21.8. The number of β-amino-alcohol motifs (C(OH)–C–C–N with tert-alkyl or cyclic N) is 1. The molecule has 8 nitrogen and oxygen atoms in total. The number of piperazine rings is 1. The van der Waals surface area contributed by atoms with Gasteiger partial charge in [0.15, 0.2) is 0 Å². The van der Waals surface area contributed by atoms with Gasteiger partial charge in [0.2, 0.25) is 21.8 Å². The maximum atomic E-state index is 13.4. The fourth-order valence-corrected chi connectivity index (χ4v) is 7.83. The Balaban J connectivity index is 1.42. The molecule has 2 saturated carbocycles.